The van der Waals surface area contributed by atoms with Crippen molar-refractivity contribution >= 4 is 22.6 Å². The Bertz CT molecular complexity index is 819. The van der Waals surface area contributed by atoms with Gasteiger partial charge in [0.15, 0.2) is 0 Å². The fourth-order valence-electron chi connectivity index (χ4n) is 3.14. The van der Waals surface area contributed by atoms with Crippen LogP contribution in [-0.4, -0.2) is 5.71 Å². The molecule has 2 aromatic rings. The third kappa shape index (κ3) is 2.40. The van der Waals surface area contributed by atoms with Gasteiger partial charge in [0.25, 0.3) is 0 Å². The lowest BCUT2D eigenvalue weighted by Crippen LogP contribution is -2.17. The van der Waals surface area contributed by atoms with Gasteiger partial charge in [0.05, 0.1) is 5.71 Å². The molecule has 1 nitrogen and oxygen atoms in total. The Morgan fingerprint density at radius 2 is 2.14 bits per heavy atom. The minimum Gasteiger partial charge on any atom is -0.260 e. The Kier molecular flexibility index (Phi) is 3.39. The molecule has 1 unspecified atom stereocenters. The number of aliphatic imine (C=N–C) groups is 1. The first-order valence-corrected chi connectivity index (χ1v) is 8.44. The Morgan fingerprint density at radius 3 is 2.95 bits per heavy atom. The number of benzene rings is 1. The third-order valence-electron chi connectivity index (χ3n) is 4.19. The number of thiophene rings is 1. The molecule has 0 fully saturated rings. The van der Waals surface area contributed by atoms with E-state index < -0.39 is 0 Å². The molecule has 0 bridgehead atoms. The largest absolute Gasteiger partial charge is 0.260 e. The highest BCUT2D eigenvalue weighted by Gasteiger charge is 2.28. The maximum Gasteiger partial charge on any atom is 0.0552 e. The summed E-state index contributed by atoms with van der Waals surface area (Å²) in [6, 6.07) is 13.0. The summed E-state index contributed by atoms with van der Waals surface area (Å²) >= 11 is 1.79. The van der Waals surface area contributed by atoms with E-state index in [1.807, 2.05) is 6.20 Å². The van der Waals surface area contributed by atoms with Crippen LogP contribution in [0.1, 0.15) is 16.0 Å². The van der Waals surface area contributed by atoms with Gasteiger partial charge in [-0.2, -0.15) is 0 Å². The van der Waals surface area contributed by atoms with Gasteiger partial charge in [0.1, 0.15) is 0 Å². The Morgan fingerprint density at radius 1 is 1.18 bits per heavy atom. The molecule has 2 heteroatoms. The van der Waals surface area contributed by atoms with Gasteiger partial charge in [0, 0.05) is 22.6 Å². The molecule has 0 saturated carbocycles. The second-order valence-corrected chi connectivity index (χ2v) is 6.74. The van der Waals surface area contributed by atoms with Crippen molar-refractivity contribution in [1.29, 1.82) is 0 Å². The molecule has 1 atom stereocenters. The smallest absolute Gasteiger partial charge is 0.0552 e. The lowest BCUT2D eigenvalue weighted by molar-refractivity contribution is 1.11. The van der Waals surface area contributed by atoms with Gasteiger partial charge in [-0.1, -0.05) is 54.1 Å². The molecule has 0 radical (unpaired) electrons. The molecule has 4 rings (SSSR count). The van der Waals surface area contributed by atoms with Crippen molar-refractivity contribution in [3.05, 3.63) is 87.8 Å². The molecule has 1 aliphatic heterocycles. The predicted octanol–water partition coefficient (Wildman–Crippen LogP) is 5.21. The average molecular weight is 303 g/mol. The molecule has 2 heterocycles. The fourth-order valence-corrected chi connectivity index (χ4v) is 3.92. The normalized spacial score (nSPS) is 19.5. The number of nitrogens with zero attached hydrogens (tertiary/aromatic N) is 1. The monoisotopic (exact) mass is 303 g/mol. The van der Waals surface area contributed by atoms with Crippen LogP contribution in [0.25, 0.3) is 5.57 Å². The van der Waals surface area contributed by atoms with Crippen LogP contribution >= 0.6 is 11.3 Å². The van der Waals surface area contributed by atoms with Gasteiger partial charge < -0.3 is 0 Å². The zero-order valence-corrected chi connectivity index (χ0v) is 13.3. The number of aryl methyl sites for hydroxylation is 1. The Balaban J connectivity index is 1.60. The quantitative estimate of drug-likeness (QED) is 0.738. The van der Waals surface area contributed by atoms with E-state index in [0.29, 0.717) is 5.92 Å². The van der Waals surface area contributed by atoms with Crippen molar-refractivity contribution in [2.24, 2.45) is 10.9 Å². The van der Waals surface area contributed by atoms with Gasteiger partial charge in [-0.25, -0.2) is 0 Å². The summed E-state index contributed by atoms with van der Waals surface area (Å²) in [4.78, 5) is 6.06. The summed E-state index contributed by atoms with van der Waals surface area (Å²) in [5.41, 5.74) is 6.55. The summed E-state index contributed by atoms with van der Waals surface area (Å²) in [6.07, 6.45) is 9.65. The number of fused-ring (bicyclic) bond motifs is 1. The lowest BCUT2D eigenvalue weighted by atomic mass is 9.85. The van der Waals surface area contributed by atoms with Crippen LogP contribution in [-0.2, 0) is 6.42 Å². The minimum absolute atomic E-state index is 0.323. The van der Waals surface area contributed by atoms with Crippen molar-refractivity contribution in [3.8, 4) is 0 Å². The van der Waals surface area contributed by atoms with E-state index >= 15 is 0 Å². The molecule has 1 aromatic heterocycles. The number of hydrogen-bond acceptors (Lipinski definition) is 2. The average Bonchev–Trinajstić information content (AvgIpc) is 3.16. The maximum atomic E-state index is 4.74. The standard InChI is InChI=1S/C20H17NS/c1-14-5-2-6-15(11-14)12-16-7-3-8-17-18(13-21-20(16)17)19-9-4-10-22-19/h2-11,13,17H,12H2,1H3. The van der Waals surface area contributed by atoms with Gasteiger partial charge in [-0.3, -0.25) is 4.99 Å². The summed E-state index contributed by atoms with van der Waals surface area (Å²) in [7, 11) is 0. The molecule has 0 saturated heterocycles. The van der Waals surface area contributed by atoms with Crippen LogP contribution in [0.5, 0.6) is 0 Å². The number of rotatable bonds is 3. The van der Waals surface area contributed by atoms with Crippen molar-refractivity contribution in [3.63, 3.8) is 0 Å². The van der Waals surface area contributed by atoms with Gasteiger partial charge in [-0.15, -0.1) is 11.3 Å². The zero-order valence-electron chi connectivity index (χ0n) is 12.5. The van der Waals surface area contributed by atoms with Gasteiger partial charge >= 0.3 is 0 Å². The summed E-state index contributed by atoms with van der Waals surface area (Å²) in [5, 5.41) is 2.13. The predicted molar refractivity (Wildman–Crippen MR) is 95.3 cm³/mol. The van der Waals surface area contributed by atoms with E-state index in [1.54, 1.807) is 11.3 Å². The summed E-state index contributed by atoms with van der Waals surface area (Å²) in [6.45, 7) is 2.14. The first-order valence-electron chi connectivity index (χ1n) is 7.56. The van der Waals surface area contributed by atoms with Gasteiger partial charge in [-0.05, 0) is 35.9 Å². The topological polar surface area (TPSA) is 12.4 Å². The molecule has 2 aliphatic rings. The first kappa shape index (κ1) is 13.5. The molecule has 0 spiro atoms. The molecule has 22 heavy (non-hydrogen) atoms. The highest BCUT2D eigenvalue weighted by Crippen LogP contribution is 2.37. The van der Waals surface area contributed by atoms with Gasteiger partial charge in [0.2, 0.25) is 0 Å². The van der Waals surface area contributed by atoms with Crippen LogP contribution < -0.4 is 0 Å². The molecule has 0 N–H and O–H groups in total. The van der Waals surface area contributed by atoms with E-state index in [0.717, 1.165) is 6.42 Å². The van der Waals surface area contributed by atoms with Crippen LogP contribution in [0.2, 0.25) is 0 Å². The Labute approximate surface area is 135 Å². The SMILES string of the molecule is Cc1cccc(CC2=CC=CC3C(c4cccs4)=CN=C23)c1. The second-order valence-electron chi connectivity index (χ2n) is 5.80. The van der Waals surface area contributed by atoms with E-state index in [9.17, 15) is 0 Å². The number of allylic oxidation sites excluding steroid dienone is 5. The second kappa shape index (κ2) is 5.54. The first-order chi connectivity index (χ1) is 10.8. The minimum atomic E-state index is 0.323. The van der Waals surface area contributed by atoms with Crippen molar-refractivity contribution in [1.82, 2.24) is 0 Å². The summed E-state index contributed by atoms with van der Waals surface area (Å²) in [5.74, 6) is 0.323. The molecule has 108 valence electrons. The number of hydrogen-bond donors (Lipinski definition) is 0. The van der Waals surface area contributed by atoms with E-state index in [-0.39, 0.29) is 0 Å². The maximum absolute atomic E-state index is 4.74. The van der Waals surface area contributed by atoms with Crippen molar-refractivity contribution in [2.45, 2.75) is 13.3 Å². The van der Waals surface area contributed by atoms with E-state index in [2.05, 4.69) is 66.9 Å². The molecular formula is C20H17NS. The highest BCUT2D eigenvalue weighted by molar-refractivity contribution is 7.11. The third-order valence-corrected chi connectivity index (χ3v) is 5.10. The van der Waals surface area contributed by atoms with Crippen LogP contribution in [0.4, 0.5) is 0 Å². The Hall–Kier alpha value is -2.19. The fraction of sp³-hybridized carbons (Fsp3) is 0.150. The zero-order chi connectivity index (χ0) is 14.9. The lowest BCUT2D eigenvalue weighted by Gasteiger charge is -2.19. The summed E-state index contributed by atoms with van der Waals surface area (Å²) < 4.78 is 0. The van der Waals surface area contributed by atoms with E-state index in [1.165, 1.54) is 32.9 Å². The highest BCUT2D eigenvalue weighted by atomic mass is 32.1. The van der Waals surface area contributed by atoms with Crippen LogP contribution in [0.3, 0.4) is 0 Å². The van der Waals surface area contributed by atoms with Crippen LogP contribution in [0.15, 0.2) is 76.8 Å². The van der Waals surface area contributed by atoms with Crippen molar-refractivity contribution in [2.75, 3.05) is 0 Å². The van der Waals surface area contributed by atoms with Crippen molar-refractivity contribution < 1.29 is 0 Å². The molecular weight excluding hydrogens is 286 g/mol. The molecule has 1 aromatic carbocycles. The van der Waals surface area contributed by atoms with Crippen LogP contribution in [0, 0.1) is 12.8 Å². The van der Waals surface area contributed by atoms with E-state index in [4.69, 9.17) is 4.99 Å². The molecule has 1 aliphatic carbocycles. The molecule has 0 amide bonds.